The average Bonchev–Trinajstić information content (AvgIpc) is 3.14. The number of amides is 1. The zero-order chi connectivity index (χ0) is 19.9. The van der Waals surface area contributed by atoms with Gasteiger partial charge >= 0.3 is 6.61 Å². The first-order chi connectivity index (χ1) is 13.5. The molecule has 0 fully saturated rings. The Kier molecular flexibility index (Phi) is 6.21. The zero-order valence-electron chi connectivity index (χ0n) is 15.1. The largest absolute Gasteiger partial charge is 0.471 e. The Morgan fingerprint density at radius 3 is 2.68 bits per heavy atom. The molecule has 0 aliphatic rings. The Bertz CT molecular complexity index is 926. The first-order valence-corrected chi connectivity index (χ1v) is 8.64. The van der Waals surface area contributed by atoms with Gasteiger partial charge in [0.05, 0.1) is 18.1 Å². The van der Waals surface area contributed by atoms with E-state index in [1.807, 2.05) is 24.3 Å². The van der Waals surface area contributed by atoms with Gasteiger partial charge in [-0.3, -0.25) is 4.79 Å². The Labute approximate surface area is 160 Å². The third kappa shape index (κ3) is 5.29. The molecule has 0 saturated heterocycles. The van der Waals surface area contributed by atoms with Crippen LogP contribution >= 0.6 is 0 Å². The van der Waals surface area contributed by atoms with E-state index < -0.39 is 12.5 Å². The predicted molar refractivity (Wildman–Crippen MR) is 99.7 cm³/mol. The highest BCUT2D eigenvalue weighted by atomic mass is 19.3. The molecule has 2 aromatic carbocycles. The monoisotopic (exact) mass is 387 g/mol. The van der Waals surface area contributed by atoms with Gasteiger partial charge < -0.3 is 14.8 Å². The van der Waals surface area contributed by atoms with E-state index in [-0.39, 0.29) is 18.0 Å². The summed E-state index contributed by atoms with van der Waals surface area (Å²) in [7, 11) is 0. The molecule has 0 bridgehead atoms. The summed E-state index contributed by atoms with van der Waals surface area (Å²) in [6, 6.07) is 13.3. The number of halogens is 2. The van der Waals surface area contributed by atoms with Crippen LogP contribution in [0, 0.1) is 0 Å². The smallest absolute Gasteiger partial charge is 0.387 e. The maximum Gasteiger partial charge on any atom is 0.387 e. The Hall–Kier alpha value is -3.42. The Balaban J connectivity index is 1.57. The van der Waals surface area contributed by atoms with E-state index in [4.69, 9.17) is 4.74 Å². The lowest BCUT2D eigenvalue weighted by atomic mass is 10.2. The summed E-state index contributed by atoms with van der Waals surface area (Å²) < 4.78 is 36.1. The van der Waals surface area contributed by atoms with Gasteiger partial charge in [0.25, 0.3) is 5.91 Å². The van der Waals surface area contributed by atoms with Gasteiger partial charge in [0.2, 0.25) is 0 Å². The summed E-state index contributed by atoms with van der Waals surface area (Å²) in [5.41, 5.74) is 1.87. The molecule has 1 heterocycles. The molecule has 0 radical (unpaired) electrons. The van der Waals surface area contributed by atoms with Crippen LogP contribution in [0.5, 0.6) is 11.5 Å². The van der Waals surface area contributed by atoms with E-state index in [0.717, 1.165) is 6.42 Å². The number of nitrogens with one attached hydrogen (secondary N) is 1. The molecule has 0 spiro atoms. The fourth-order valence-corrected chi connectivity index (χ4v) is 2.48. The molecule has 1 N–H and O–H groups in total. The number of hydrogen-bond donors (Lipinski definition) is 1. The fraction of sp³-hybridized carbons (Fsp3) is 0.200. The minimum atomic E-state index is -2.95. The fourth-order valence-electron chi connectivity index (χ4n) is 2.48. The van der Waals surface area contributed by atoms with Crippen LogP contribution in [-0.4, -0.2) is 22.3 Å². The number of carbonyl (C=O) groups is 1. The van der Waals surface area contributed by atoms with Gasteiger partial charge in [-0.05, 0) is 42.3 Å². The van der Waals surface area contributed by atoms with Crippen molar-refractivity contribution in [1.82, 2.24) is 9.78 Å². The van der Waals surface area contributed by atoms with E-state index in [9.17, 15) is 13.6 Å². The normalized spacial score (nSPS) is 10.7. The number of carbonyl (C=O) groups excluding carboxylic acids is 1. The molecule has 146 valence electrons. The van der Waals surface area contributed by atoms with Crippen LogP contribution in [0.15, 0.2) is 60.9 Å². The summed E-state index contributed by atoms with van der Waals surface area (Å²) in [5.74, 6) is 0.172. The molecule has 28 heavy (non-hydrogen) atoms. The molecule has 0 atom stereocenters. The number of aromatic nitrogens is 2. The number of ether oxygens (including phenoxy) is 2. The highest BCUT2D eigenvalue weighted by Gasteiger charge is 2.11. The SMILES string of the molecule is CCc1ccc(OCn2cc(NC(=O)c3cccc(OC(F)F)c3)cn2)cc1. The van der Waals surface area contributed by atoms with Crippen LogP contribution in [0.2, 0.25) is 0 Å². The minimum Gasteiger partial charge on any atom is -0.471 e. The van der Waals surface area contributed by atoms with E-state index in [0.29, 0.717) is 11.4 Å². The summed E-state index contributed by atoms with van der Waals surface area (Å²) >= 11 is 0. The topological polar surface area (TPSA) is 65.4 Å². The Morgan fingerprint density at radius 1 is 1.18 bits per heavy atom. The van der Waals surface area contributed by atoms with Crippen molar-refractivity contribution in [2.24, 2.45) is 0 Å². The van der Waals surface area contributed by atoms with Crippen molar-refractivity contribution in [3.63, 3.8) is 0 Å². The molecule has 1 aromatic heterocycles. The summed E-state index contributed by atoms with van der Waals surface area (Å²) in [6.07, 6.45) is 4.04. The van der Waals surface area contributed by atoms with Gasteiger partial charge in [-0.2, -0.15) is 13.9 Å². The van der Waals surface area contributed by atoms with Crippen LogP contribution in [0.4, 0.5) is 14.5 Å². The van der Waals surface area contributed by atoms with E-state index in [2.05, 4.69) is 22.1 Å². The molecule has 1 amide bonds. The van der Waals surface area contributed by atoms with Crippen molar-refractivity contribution >= 4 is 11.6 Å². The predicted octanol–water partition coefficient (Wildman–Crippen LogP) is 4.34. The highest BCUT2D eigenvalue weighted by Crippen LogP contribution is 2.18. The number of hydrogen-bond acceptors (Lipinski definition) is 4. The number of benzene rings is 2. The molecule has 3 aromatic rings. The van der Waals surface area contributed by atoms with Crippen LogP contribution < -0.4 is 14.8 Å². The van der Waals surface area contributed by atoms with Gasteiger partial charge in [-0.15, -0.1) is 0 Å². The number of nitrogens with zero attached hydrogens (tertiary/aromatic N) is 2. The van der Waals surface area contributed by atoms with Crippen LogP contribution in [0.25, 0.3) is 0 Å². The van der Waals surface area contributed by atoms with Gasteiger partial charge in [0.1, 0.15) is 11.5 Å². The minimum absolute atomic E-state index is 0.0826. The van der Waals surface area contributed by atoms with Crippen LogP contribution in [-0.2, 0) is 13.2 Å². The van der Waals surface area contributed by atoms with Crippen molar-refractivity contribution < 1.29 is 23.0 Å². The van der Waals surface area contributed by atoms with Gasteiger partial charge in [0.15, 0.2) is 6.73 Å². The van der Waals surface area contributed by atoms with Gasteiger partial charge in [-0.25, -0.2) is 4.68 Å². The first kappa shape index (κ1) is 19.3. The number of anilines is 1. The maximum absolute atomic E-state index is 12.3. The number of aryl methyl sites for hydroxylation is 1. The molecule has 8 heteroatoms. The summed E-state index contributed by atoms with van der Waals surface area (Å²) in [4.78, 5) is 12.3. The van der Waals surface area contributed by atoms with Crippen LogP contribution in [0.1, 0.15) is 22.8 Å². The first-order valence-electron chi connectivity index (χ1n) is 8.64. The summed E-state index contributed by atoms with van der Waals surface area (Å²) in [6.45, 7) is -0.689. The van der Waals surface area contributed by atoms with Gasteiger partial charge in [0, 0.05) is 5.56 Å². The molecule has 0 saturated carbocycles. The second kappa shape index (κ2) is 8.98. The highest BCUT2D eigenvalue weighted by molar-refractivity contribution is 6.04. The molecular formula is C20H19F2N3O3. The average molecular weight is 387 g/mol. The van der Waals surface area contributed by atoms with Crippen molar-refractivity contribution in [2.75, 3.05) is 5.32 Å². The standard InChI is InChI=1S/C20H19F2N3O3/c1-2-14-6-8-17(9-7-14)27-13-25-12-16(11-23-25)24-19(26)15-4-3-5-18(10-15)28-20(21)22/h3-12,20H,2,13H2,1H3,(H,24,26). The zero-order valence-corrected chi connectivity index (χ0v) is 15.1. The number of alkyl halides is 2. The number of rotatable bonds is 8. The van der Waals surface area contributed by atoms with E-state index in [1.54, 1.807) is 6.20 Å². The lowest BCUT2D eigenvalue weighted by molar-refractivity contribution is -0.0498. The lowest BCUT2D eigenvalue weighted by Gasteiger charge is -2.07. The molecule has 0 aliphatic carbocycles. The quantitative estimate of drug-likeness (QED) is 0.625. The summed E-state index contributed by atoms with van der Waals surface area (Å²) in [5, 5.41) is 6.77. The third-order valence-electron chi connectivity index (χ3n) is 3.91. The second-order valence-electron chi connectivity index (χ2n) is 5.90. The lowest BCUT2D eigenvalue weighted by Crippen LogP contribution is -2.12. The third-order valence-corrected chi connectivity index (χ3v) is 3.91. The molecule has 6 nitrogen and oxygen atoms in total. The van der Waals surface area contributed by atoms with Crippen LogP contribution in [0.3, 0.4) is 0 Å². The molecule has 0 unspecified atom stereocenters. The molecular weight excluding hydrogens is 368 g/mol. The second-order valence-corrected chi connectivity index (χ2v) is 5.90. The van der Waals surface area contributed by atoms with Crippen molar-refractivity contribution in [2.45, 2.75) is 26.7 Å². The van der Waals surface area contributed by atoms with Crippen molar-refractivity contribution in [3.05, 3.63) is 72.1 Å². The van der Waals surface area contributed by atoms with E-state index >= 15 is 0 Å². The van der Waals surface area contributed by atoms with Gasteiger partial charge in [-0.1, -0.05) is 25.1 Å². The molecule has 0 aliphatic heterocycles. The van der Waals surface area contributed by atoms with Crippen molar-refractivity contribution in [1.29, 1.82) is 0 Å². The molecule has 3 rings (SSSR count). The van der Waals surface area contributed by atoms with Crippen molar-refractivity contribution in [3.8, 4) is 11.5 Å². The maximum atomic E-state index is 12.3. The van der Waals surface area contributed by atoms with E-state index in [1.165, 1.54) is 40.7 Å². The Morgan fingerprint density at radius 2 is 1.96 bits per heavy atom.